The van der Waals surface area contributed by atoms with Gasteiger partial charge in [0.1, 0.15) is 12.6 Å². The molecule has 0 aromatic carbocycles. The lowest BCUT2D eigenvalue weighted by Gasteiger charge is -2.14. The van der Waals surface area contributed by atoms with E-state index in [0.29, 0.717) is 26.4 Å². The van der Waals surface area contributed by atoms with Gasteiger partial charge < -0.3 is 24.3 Å². The van der Waals surface area contributed by atoms with Gasteiger partial charge in [-0.15, -0.1) is 0 Å². The first-order valence-electron chi connectivity index (χ1n) is 6.30. The van der Waals surface area contributed by atoms with Gasteiger partial charge in [-0.1, -0.05) is 0 Å². The summed E-state index contributed by atoms with van der Waals surface area (Å²) in [5.41, 5.74) is 0. The number of carbonyl (C=O) groups excluding carboxylic acids is 2. The van der Waals surface area contributed by atoms with E-state index in [1.807, 2.05) is 0 Å². The van der Waals surface area contributed by atoms with Gasteiger partial charge in [0, 0.05) is 19.8 Å². The van der Waals surface area contributed by atoms with Crippen LogP contribution in [-0.4, -0.2) is 70.4 Å². The summed E-state index contributed by atoms with van der Waals surface area (Å²) in [6.45, 7) is 3.68. The SMILES string of the molecule is COCCOCCOCCOC(=O)[C@H](CS)NC(C)=O. The van der Waals surface area contributed by atoms with Gasteiger partial charge in [-0.3, -0.25) is 4.79 Å². The van der Waals surface area contributed by atoms with E-state index in [0.717, 1.165) is 0 Å². The Morgan fingerprint density at radius 3 is 2.10 bits per heavy atom. The molecule has 1 atom stereocenters. The summed E-state index contributed by atoms with van der Waals surface area (Å²) in [4.78, 5) is 22.4. The summed E-state index contributed by atoms with van der Waals surface area (Å²) in [6.07, 6.45) is 0. The van der Waals surface area contributed by atoms with E-state index in [4.69, 9.17) is 18.9 Å². The van der Waals surface area contributed by atoms with Gasteiger partial charge in [-0.25, -0.2) is 4.79 Å². The molecule has 0 heterocycles. The first-order valence-corrected chi connectivity index (χ1v) is 6.94. The van der Waals surface area contributed by atoms with Crippen molar-refractivity contribution >= 4 is 24.5 Å². The average molecular weight is 309 g/mol. The normalized spacial score (nSPS) is 11.9. The molecule has 0 aliphatic rings. The summed E-state index contributed by atoms with van der Waals surface area (Å²) in [7, 11) is 1.60. The Hall–Kier alpha value is -0.830. The van der Waals surface area contributed by atoms with Gasteiger partial charge in [0.2, 0.25) is 5.91 Å². The molecule has 0 aliphatic carbocycles. The Bertz CT molecular complexity index is 277. The van der Waals surface area contributed by atoms with Crippen LogP contribution in [0.4, 0.5) is 0 Å². The van der Waals surface area contributed by atoms with E-state index in [2.05, 4.69) is 17.9 Å². The minimum absolute atomic E-state index is 0.126. The van der Waals surface area contributed by atoms with Gasteiger partial charge in [-0.05, 0) is 0 Å². The van der Waals surface area contributed by atoms with Crippen molar-refractivity contribution in [1.29, 1.82) is 0 Å². The van der Waals surface area contributed by atoms with Gasteiger partial charge >= 0.3 is 5.97 Å². The fourth-order valence-corrected chi connectivity index (χ4v) is 1.43. The van der Waals surface area contributed by atoms with Crippen LogP contribution in [0.5, 0.6) is 0 Å². The lowest BCUT2D eigenvalue weighted by molar-refractivity contribution is -0.148. The summed E-state index contributed by atoms with van der Waals surface area (Å²) in [6, 6.07) is -0.729. The molecule has 0 saturated carbocycles. The Morgan fingerprint density at radius 1 is 1.05 bits per heavy atom. The van der Waals surface area contributed by atoms with Crippen LogP contribution in [0, 0.1) is 0 Å². The maximum Gasteiger partial charge on any atom is 0.329 e. The molecule has 20 heavy (non-hydrogen) atoms. The number of carbonyl (C=O) groups is 2. The van der Waals surface area contributed by atoms with Crippen LogP contribution in [-0.2, 0) is 28.5 Å². The second-order valence-electron chi connectivity index (χ2n) is 3.82. The fourth-order valence-electron chi connectivity index (χ4n) is 1.19. The fraction of sp³-hybridized carbons (Fsp3) is 0.833. The number of hydrogen-bond acceptors (Lipinski definition) is 7. The van der Waals surface area contributed by atoms with E-state index in [1.54, 1.807) is 7.11 Å². The third-order valence-corrected chi connectivity index (χ3v) is 2.49. The van der Waals surface area contributed by atoms with E-state index in [1.165, 1.54) is 6.92 Å². The Kier molecular flexibility index (Phi) is 12.6. The standard InChI is InChI=1S/C12H23NO6S/c1-10(14)13-11(9-20)12(15)19-8-7-18-6-5-17-4-3-16-2/h11,20H,3-9H2,1-2H3,(H,13,14)/t11-/m0/s1. The third-order valence-electron chi connectivity index (χ3n) is 2.12. The first-order chi connectivity index (χ1) is 9.61. The zero-order valence-corrected chi connectivity index (χ0v) is 12.8. The number of amides is 1. The highest BCUT2D eigenvalue weighted by Crippen LogP contribution is 1.93. The molecule has 0 bridgehead atoms. The summed E-state index contributed by atoms with van der Waals surface area (Å²) in [5.74, 6) is -0.632. The maximum absolute atomic E-state index is 11.5. The Morgan fingerprint density at radius 2 is 1.60 bits per heavy atom. The molecule has 0 aliphatic heterocycles. The molecule has 7 nitrogen and oxygen atoms in total. The van der Waals surface area contributed by atoms with E-state index < -0.39 is 12.0 Å². The van der Waals surface area contributed by atoms with Crippen molar-refractivity contribution in [3.8, 4) is 0 Å². The molecule has 0 saturated heterocycles. The number of thiol groups is 1. The molecule has 0 rings (SSSR count). The molecule has 1 amide bonds. The largest absolute Gasteiger partial charge is 0.462 e. The van der Waals surface area contributed by atoms with Crippen molar-refractivity contribution in [1.82, 2.24) is 5.32 Å². The smallest absolute Gasteiger partial charge is 0.329 e. The monoisotopic (exact) mass is 309 g/mol. The molecular weight excluding hydrogens is 286 g/mol. The minimum atomic E-state index is -0.729. The third kappa shape index (κ3) is 11.0. The van der Waals surface area contributed by atoms with Crippen molar-refractivity contribution < 1.29 is 28.5 Å². The van der Waals surface area contributed by atoms with Crippen LogP contribution >= 0.6 is 12.6 Å². The van der Waals surface area contributed by atoms with E-state index >= 15 is 0 Å². The maximum atomic E-state index is 11.5. The van der Waals surface area contributed by atoms with Crippen molar-refractivity contribution in [2.24, 2.45) is 0 Å². The molecule has 0 fully saturated rings. The number of nitrogens with one attached hydrogen (secondary N) is 1. The van der Waals surface area contributed by atoms with Crippen molar-refractivity contribution in [2.45, 2.75) is 13.0 Å². The number of methoxy groups -OCH3 is 1. The Balaban J connectivity index is 3.49. The van der Waals surface area contributed by atoms with Gasteiger partial charge in [-0.2, -0.15) is 12.6 Å². The lowest BCUT2D eigenvalue weighted by Crippen LogP contribution is -2.42. The molecule has 0 unspecified atom stereocenters. The zero-order valence-electron chi connectivity index (χ0n) is 11.9. The van der Waals surface area contributed by atoms with E-state index in [9.17, 15) is 9.59 Å². The molecule has 118 valence electrons. The van der Waals surface area contributed by atoms with Gasteiger partial charge in [0.25, 0.3) is 0 Å². The minimum Gasteiger partial charge on any atom is -0.462 e. The molecule has 0 spiro atoms. The number of esters is 1. The number of hydrogen-bond donors (Lipinski definition) is 2. The van der Waals surface area contributed by atoms with Gasteiger partial charge in [0.05, 0.1) is 33.0 Å². The molecule has 0 radical (unpaired) electrons. The highest BCUT2D eigenvalue weighted by atomic mass is 32.1. The lowest BCUT2D eigenvalue weighted by atomic mass is 10.3. The van der Waals surface area contributed by atoms with Crippen LogP contribution in [0.15, 0.2) is 0 Å². The molecular formula is C12H23NO6S. The molecule has 8 heteroatoms. The van der Waals surface area contributed by atoms with Crippen LogP contribution in [0.25, 0.3) is 0 Å². The highest BCUT2D eigenvalue weighted by Gasteiger charge is 2.18. The van der Waals surface area contributed by atoms with E-state index in [-0.39, 0.29) is 24.9 Å². The predicted octanol–water partition coefficient (Wildman–Crippen LogP) is -0.356. The molecule has 0 aromatic rings. The van der Waals surface area contributed by atoms with Gasteiger partial charge in [0.15, 0.2) is 0 Å². The second kappa shape index (κ2) is 13.2. The first kappa shape index (κ1) is 19.2. The zero-order chi connectivity index (χ0) is 15.2. The number of ether oxygens (including phenoxy) is 4. The number of rotatable bonds is 12. The summed E-state index contributed by atoms with van der Waals surface area (Å²) in [5, 5.41) is 2.45. The van der Waals surface area contributed by atoms with Crippen molar-refractivity contribution in [3.05, 3.63) is 0 Å². The van der Waals surface area contributed by atoms with Crippen LogP contribution in [0.1, 0.15) is 6.92 Å². The van der Waals surface area contributed by atoms with Crippen LogP contribution in [0.3, 0.4) is 0 Å². The average Bonchev–Trinajstić information content (AvgIpc) is 2.42. The quantitative estimate of drug-likeness (QED) is 0.291. The Labute approximate surface area is 124 Å². The van der Waals surface area contributed by atoms with Crippen LogP contribution in [0.2, 0.25) is 0 Å². The summed E-state index contributed by atoms with van der Waals surface area (Å²) >= 11 is 3.98. The topological polar surface area (TPSA) is 83.1 Å². The molecule has 1 N–H and O–H groups in total. The second-order valence-corrected chi connectivity index (χ2v) is 4.19. The predicted molar refractivity (Wildman–Crippen MR) is 75.9 cm³/mol. The van der Waals surface area contributed by atoms with Crippen LogP contribution < -0.4 is 5.32 Å². The summed E-state index contributed by atoms with van der Waals surface area (Å²) < 4.78 is 20.2. The van der Waals surface area contributed by atoms with Crippen molar-refractivity contribution in [3.63, 3.8) is 0 Å². The highest BCUT2D eigenvalue weighted by molar-refractivity contribution is 7.80. The van der Waals surface area contributed by atoms with Crippen molar-refractivity contribution in [2.75, 3.05) is 52.5 Å². The molecule has 0 aromatic heterocycles.